The van der Waals surface area contributed by atoms with E-state index in [1.165, 1.54) is 4.88 Å². The Morgan fingerprint density at radius 3 is 3.00 bits per heavy atom. The molecule has 1 N–H and O–H groups in total. The van der Waals surface area contributed by atoms with Crippen LogP contribution in [-0.4, -0.2) is 30.2 Å². The molecule has 2 rings (SSSR count). The number of thiophene rings is 1. The van der Waals surface area contributed by atoms with Crippen LogP contribution in [0.4, 0.5) is 5.95 Å². The maximum Gasteiger partial charge on any atom is 0.225 e. The van der Waals surface area contributed by atoms with Gasteiger partial charge in [0.25, 0.3) is 0 Å². The summed E-state index contributed by atoms with van der Waals surface area (Å²) >= 11 is 7.90. The third-order valence-electron chi connectivity index (χ3n) is 2.70. The maximum atomic E-state index is 6.21. The largest absolute Gasteiger partial charge is 0.385 e. The minimum Gasteiger partial charge on any atom is -0.385 e. The molecule has 2 aromatic heterocycles. The van der Waals surface area contributed by atoms with Gasteiger partial charge in [0, 0.05) is 30.5 Å². The molecule has 0 spiro atoms. The maximum absolute atomic E-state index is 6.21. The minimum atomic E-state index is 0.526. The van der Waals surface area contributed by atoms with Gasteiger partial charge in [0.1, 0.15) is 9.98 Å². The summed E-state index contributed by atoms with van der Waals surface area (Å²) in [5.41, 5.74) is 0. The van der Waals surface area contributed by atoms with Crippen molar-refractivity contribution in [1.29, 1.82) is 0 Å². The van der Waals surface area contributed by atoms with Crippen LogP contribution in [0.15, 0.2) is 6.07 Å². The van der Waals surface area contributed by atoms with Crippen molar-refractivity contribution in [3.05, 3.63) is 16.1 Å². The SMILES string of the molecule is CCCc1cc2c(Cl)nc(NCCCOC)nc2s1. The third kappa shape index (κ3) is 3.78. The molecule has 4 nitrogen and oxygen atoms in total. The molecule has 2 aromatic rings. The summed E-state index contributed by atoms with van der Waals surface area (Å²) < 4.78 is 5.00. The standard InChI is InChI=1S/C13H18ClN3OS/c1-3-5-9-8-10-11(14)16-13(17-12(10)19-9)15-6-4-7-18-2/h8H,3-7H2,1-2H3,(H,15,16,17). The number of aryl methyl sites for hydroxylation is 1. The van der Waals surface area contributed by atoms with Gasteiger partial charge in [-0.25, -0.2) is 9.97 Å². The van der Waals surface area contributed by atoms with Gasteiger partial charge in [-0.2, -0.15) is 0 Å². The normalized spacial score (nSPS) is 11.1. The van der Waals surface area contributed by atoms with Gasteiger partial charge in [-0.05, 0) is 18.9 Å². The summed E-state index contributed by atoms with van der Waals surface area (Å²) in [5, 5.41) is 4.66. The molecule has 19 heavy (non-hydrogen) atoms. The van der Waals surface area contributed by atoms with Crippen molar-refractivity contribution in [2.45, 2.75) is 26.2 Å². The molecule has 0 saturated carbocycles. The smallest absolute Gasteiger partial charge is 0.225 e. The number of anilines is 1. The van der Waals surface area contributed by atoms with E-state index in [4.69, 9.17) is 16.3 Å². The van der Waals surface area contributed by atoms with Gasteiger partial charge in [0.05, 0.1) is 0 Å². The van der Waals surface area contributed by atoms with Crippen LogP contribution < -0.4 is 5.32 Å². The van der Waals surface area contributed by atoms with Crippen molar-refractivity contribution < 1.29 is 4.74 Å². The van der Waals surface area contributed by atoms with Crippen molar-refractivity contribution in [2.75, 3.05) is 25.6 Å². The zero-order chi connectivity index (χ0) is 13.7. The van der Waals surface area contributed by atoms with Crippen LogP contribution in [0.1, 0.15) is 24.6 Å². The molecule has 0 aliphatic heterocycles. The number of aromatic nitrogens is 2. The Balaban J connectivity index is 2.13. The molecular formula is C13H18ClN3OS. The predicted octanol–water partition coefficient (Wildman–Crippen LogP) is 3.75. The first-order chi connectivity index (χ1) is 9.24. The quantitative estimate of drug-likeness (QED) is 0.625. The van der Waals surface area contributed by atoms with Crippen LogP contribution in [0.3, 0.4) is 0 Å². The molecule has 0 aliphatic rings. The molecule has 0 aromatic carbocycles. The van der Waals surface area contributed by atoms with Crippen LogP contribution in [0, 0.1) is 0 Å². The first kappa shape index (κ1) is 14.5. The van der Waals surface area contributed by atoms with E-state index < -0.39 is 0 Å². The van der Waals surface area contributed by atoms with Gasteiger partial charge in [-0.15, -0.1) is 11.3 Å². The minimum absolute atomic E-state index is 0.526. The van der Waals surface area contributed by atoms with E-state index in [0.717, 1.165) is 42.6 Å². The fraction of sp³-hybridized carbons (Fsp3) is 0.538. The average molecular weight is 300 g/mol. The van der Waals surface area contributed by atoms with E-state index in [9.17, 15) is 0 Å². The second-order valence-electron chi connectivity index (χ2n) is 4.29. The molecule has 104 valence electrons. The van der Waals surface area contributed by atoms with Crippen molar-refractivity contribution >= 4 is 39.1 Å². The van der Waals surface area contributed by atoms with Crippen LogP contribution in [-0.2, 0) is 11.2 Å². The van der Waals surface area contributed by atoms with E-state index in [0.29, 0.717) is 11.1 Å². The number of nitrogens with one attached hydrogen (secondary N) is 1. The number of halogens is 1. The third-order valence-corrected chi connectivity index (χ3v) is 4.08. The first-order valence-corrected chi connectivity index (χ1v) is 7.62. The fourth-order valence-electron chi connectivity index (χ4n) is 1.80. The molecule has 0 saturated heterocycles. The van der Waals surface area contributed by atoms with Crippen LogP contribution >= 0.6 is 22.9 Å². The summed E-state index contributed by atoms with van der Waals surface area (Å²) in [6.07, 6.45) is 3.11. The van der Waals surface area contributed by atoms with Crippen LogP contribution in [0.5, 0.6) is 0 Å². The van der Waals surface area contributed by atoms with Crippen LogP contribution in [0.25, 0.3) is 10.2 Å². The number of ether oxygens (including phenoxy) is 1. The first-order valence-electron chi connectivity index (χ1n) is 6.43. The Bertz CT molecular complexity index is 544. The van der Waals surface area contributed by atoms with Crippen molar-refractivity contribution in [1.82, 2.24) is 9.97 Å². The molecule has 0 unspecified atom stereocenters. The number of nitrogens with zero attached hydrogens (tertiary/aromatic N) is 2. The van der Waals surface area contributed by atoms with Gasteiger partial charge in [-0.1, -0.05) is 24.9 Å². The van der Waals surface area contributed by atoms with E-state index >= 15 is 0 Å². The Hall–Kier alpha value is -0.910. The van der Waals surface area contributed by atoms with E-state index in [1.54, 1.807) is 18.4 Å². The monoisotopic (exact) mass is 299 g/mol. The molecule has 0 atom stereocenters. The molecule has 0 aliphatic carbocycles. The molecule has 0 fully saturated rings. The van der Waals surface area contributed by atoms with Crippen molar-refractivity contribution in [2.24, 2.45) is 0 Å². The number of rotatable bonds is 7. The second kappa shape index (κ2) is 7.03. The Labute approximate surface area is 122 Å². The summed E-state index contributed by atoms with van der Waals surface area (Å²) in [5.74, 6) is 0.596. The summed E-state index contributed by atoms with van der Waals surface area (Å²) in [7, 11) is 1.69. The average Bonchev–Trinajstić information content (AvgIpc) is 2.78. The number of fused-ring (bicyclic) bond motifs is 1. The Kier molecular flexibility index (Phi) is 5.36. The highest BCUT2D eigenvalue weighted by Crippen LogP contribution is 2.30. The molecule has 2 heterocycles. The lowest BCUT2D eigenvalue weighted by Gasteiger charge is -2.04. The van der Waals surface area contributed by atoms with E-state index in [-0.39, 0.29) is 0 Å². The lowest BCUT2D eigenvalue weighted by Crippen LogP contribution is -2.07. The Morgan fingerprint density at radius 2 is 2.26 bits per heavy atom. The Morgan fingerprint density at radius 1 is 1.42 bits per heavy atom. The highest BCUT2D eigenvalue weighted by Gasteiger charge is 2.09. The number of hydrogen-bond donors (Lipinski definition) is 1. The lowest BCUT2D eigenvalue weighted by molar-refractivity contribution is 0.197. The molecular weight excluding hydrogens is 282 g/mol. The zero-order valence-corrected chi connectivity index (χ0v) is 12.8. The highest BCUT2D eigenvalue weighted by atomic mass is 35.5. The molecule has 6 heteroatoms. The van der Waals surface area contributed by atoms with Crippen molar-refractivity contribution in [3.63, 3.8) is 0 Å². The van der Waals surface area contributed by atoms with Gasteiger partial charge in [0.2, 0.25) is 5.95 Å². The van der Waals surface area contributed by atoms with E-state index in [2.05, 4.69) is 28.3 Å². The molecule has 0 radical (unpaired) electrons. The van der Waals surface area contributed by atoms with Gasteiger partial charge in [-0.3, -0.25) is 0 Å². The topological polar surface area (TPSA) is 47.0 Å². The molecule has 0 bridgehead atoms. The number of hydrogen-bond acceptors (Lipinski definition) is 5. The summed E-state index contributed by atoms with van der Waals surface area (Å²) in [4.78, 5) is 11.1. The fourth-order valence-corrected chi connectivity index (χ4v) is 3.21. The number of methoxy groups -OCH3 is 1. The second-order valence-corrected chi connectivity index (χ2v) is 5.77. The lowest BCUT2D eigenvalue weighted by atomic mass is 10.3. The predicted molar refractivity (Wildman–Crippen MR) is 81.4 cm³/mol. The van der Waals surface area contributed by atoms with Gasteiger partial charge < -0.3 is 10.1 Å². The van der Waals surface area contributed by atoms with Gasteiger partial charge >= 0.3 is 0 Å². The van der Waals surface area contributed by atoms with Gasteiger partial charge in [0.15, 0.2) is 0 Å². The van der Waals surface area contributed by atoms with Crippen molar-refractivity contribution in [3.8, 4) is 0 Å². The summed E-state index contributed by atoms with van der Waals surface area (Å²) in [6, 6.07) is 2.10. The van der Waals surface area contributed by atoms with E-state index in [1.807, 2.05) is 0 Å². The zero-order valence-electron chi connectivity index (χ0n) is 11.2. The summed E-state index contributed by atoms with van der Waals surface area (Å²) in [6.45, 7) is 3.67. The molecule has 0 amide bonds. The van der Waals surface area contributed by atoms with Crippen LogP contribution in [0.2, 0.25) is 5.15 Å². The highest BCUT2D eigenvalue weighted by molar-refractivity contribution is 7.18.